The standard InChI is InChI=1S/C13H16ClFN2S/c1-13(2,3)4-5-17-11-7-9(15)8(14)6-10(11)16-12(17)18/h6-7H,4-5H2,1-3H3,(H,16,18). The number of H-pyrrole nitrogens is 1. The predicted molar refractivity (Wildman–Crippen MR) is 76.2 cm³/mol. The van der Waals surface area contributed by atoms with E-state index < -0.39 is 5.82 Å². The van der Waals surface area contributed by atoms with Crippen molar-refractivity contribution in [3.63, 3.8) is 0 Å². The largest absolute Gasteiger partial charge is 0.331 e. The number of rotatable bonds is 2. The van der Waals surface area contributed by atoms with E-state index in [-0.39, 0.29) is 10.4 Å². The molecule has 0 unspecified atom stereocenters. The Hall–Kier alpha value is -0.870. The number of nitrogens with one attached hydrogen (secondary N) is 1. The zero-order valence-electron chi connectivity index (χ0n) is 10.7. The van der Waals surface area contributed by atoms with E-state index in [1.165, 1.54) is 6.07 Å². The molecular formula is C13H16ClFN2S. The van der Waals surface area contributed by atoms with Crippen LogP contribution in [0.4, 0.5) is 4.39 Å². The second-order valence-corrected chi connectivity index (χ2v) is 6.47. The van der Waals surface area contributed by atoms with Gasteiger partial charge in [0.25, 0.3) is 0 Å². The molecule has 0 aliphatic rings. The first kappa shape index (κ1) is 13.6. The molecule has 1 heterocycles. The van der Waals surface area contributed by atoms with Crippen LogP contribution in [0.1, 0.15) is 27.2 Å². The van der Waals surface area contributed by atoms with E-state index >= 15 is 0 Å². The summed E-state index contributed by atoms with van der Waals surface area (Å²) in [5.41, 5.74) is 1.76. The molecule has 2 rings (SSSR count). The Labute approximate surface area is 116 Å². The Morgan fingerprint density at radius 1 is 1.39 bits per heavy atom. The maximum atomic E-state index is 13.5. The maximum Gasteiger partial charge on any atom is 0.178 e. The number of nitrogens with zero attached hydrogens (tertiary/aromatic N) is 1. The van der Waals surface area contributed by atoms with Gasteiger partial charge in [0.1, 0.15) is 5.82 Å². The summed E-state index contributed by atoms with van der Waals surface area (Å²) in [6.07, 6.45) is 0.971. The lowest BCUT2D eigenvalue weighted by Gasteiger charge is -2.18. The summed E-state index contributed by atoms with van der Waals surface area (Å²) < 4.78 is 16.1. The minimum absolute atomic E-state index is 0.113. The highest BCUT2D eigenvalue weighted by atomic mass is 35.5. The topological polar surface area (TPSA) is 20.7 Å². The van der Waals surface area contributed by atoms with Crippen molar-refractivity contribution in [1.82, 2.24) is 9.55 Å². The summed E-state index contributed by atoms with van der Waals surface area (Å²) in [4.78, 5) is 3.06. The first-order chi connectivity index (χ1) is 8.28. The Kier molecular flexibility index (Phi) is 3.52. The highest BCUT2D eigenvalue weighted by Gasteiger charge is 2.13. The number of hydrogen-bond donors (Lipinski definition) is 1. The molecule has 0 bridgehead atoms. The van der Waals surface area contributed by atoms with Crippen LogP contribution in [0.5, 0.6) is 0 Å². The van der Waals surface area contributed by atoms with Crippen molar-refractivity contribution in [3.05, 3.63) is 27.7 Å². The van der Waals surface area contributed by atoms with Crippen molar-refractivity contribution in [2.75, 3.05) is 0 Å². The number of aromatic amines is 1. The third-order valence-electron chi connectivity index (χ3n) is 2.90. The third kappa shape index (κ3) is 2.75. The molecule has 1 N–H and O–H groups in total. The van der Waals surface area contributed by atoms with Crippen LogP contribution in [-0.4, -0.2) is 9.55 Å². The number of halogens is 2. The summed E-state index contributed by atoms with van der Waals surface area (Å²) >= 11 is 11.0. The molecular weight excluding hydrogens is 271 g/mol. The van der Waals surface area contributed by atoms with E-state index in [9.17, 15) is 4.39 Å². The van der Waals surface area contributed by atoms with Crippen LogP contribution < -0.4 is 0 Å². The summed E-state index contributed by atoms with van der Waals surface area (Å²) in [6.45, 7) is 7.28. The smallest absolute Gasteiger partial charge is 0.178 e. The molecule has 0 saturated carbocycles. The molecule has 0 fully saturated rings. The van der Waals surface area contributed by atoms with E-state index in [2.05, 4.69) is 25.8 Å². The average molecular weight is 287 g/mol. The van der Waals surface area contributed by atoms with Gasteiger partial charge in [0, 0.05) is 12.6 Å². The summed E-state index contributed by atoms with van der Waals surface area (Å²) in [7, 11) is 0. The predicted octanol–water partition coefficient (Wildman–Crippen LogP) is 4.93. The zero-order valence-corrected chi connectivity index (χ0v) is 12.3. The number of aryl methyl sites for hydroxylation is 1. The molecule has 0 radical (unpaired) electrons. The van der Waals surface area contributed by atoms with Crippen molar-refractivity contribution in [3.8, 4) is 0 Å². The van der Waals surface area contributed by atoms with Crippen molar-refractivity contribution in [2.45, 2.75) is 33.7 Å². The van der Waals surface area contributed by atoms with E-state index in [1.807, 2.05) is 4.57 Å². The lowest BCUT2D eigenvalue weighted by Crippen LogP contribution is -2.10. The summed E-state index contributed by atoms with van der Waals surface area (Å²) in [5, 5.41) is 0.113. The van der Waals surface area contributed by atoms with E-state index in [1.54, 1.807) is 6.07 Å². The van der Waals surface area contributed by atoms with Gasteiger partial charge in [-0.25, -0.2) is 4.39 Å². The van der Waals surface area contributed by atoms with Gasteiger partial charge < -0.3 is 9.55 Å². The van der Waals surface area contributed by atoms with Crippen LogP contribution in [0.25, 0.3) is 11.0 Å². The maximum absolute atomic E-state index is 13.5. The normalized spacial score (nSPS) is 12.3. The van der Waals surface area contributed by atoms with Gasteiger partial charge in [-0.3, -0.25) is 0 Å². The van der Waals surface area contributed by atoms with E-state index in [0.29, 0.717) is 4.77 Å². The molecule has 18 heavy (non-hydrogen) atoms. The fraction of sp³-hybridized carbons (Fsp3) is 0.462. The minimum atomic E-state index is -0.414. The lowest BCUT2D eigenvalue weighted by atomic mass is 9.92. The molecule has 0 atom stereocenters. The number of imidazole rings is 1. The molecule has 0 aliphatic heterocycles. The van der Waals surface area contributed by atoms with Crippen LogP contribution in [0, 0.1) is 16.0 Å². The Morgan fingerprint density at radius 2 is 2.06 bits per heavy atom. The second kappa shape index (κ2) is 4.67. The molecule has 1 aromatic heterocycles. The Bertz CT molecular complexity index is 637. The van der Waals surface area contributed by atoms with Crippen LogP contribution in [0.15, 0.2) is 12.1 Å². The van der Waals surface area contributed by atoms with E-state index in [4.69, 9.17) is 23.8 Å². The van der Waals surface area contributed by atoms with Gasteiger partial charge in [-0.1, -0.05) is 32.4 Å². The Balaban J connectivity index is 2.47. The molecule has 0 spiro atoms. The van der Waals surface area contributed by atoms with Crippen LogP contribution in [0.2, 0.25) is 5.02 Å². The van der Waals surface area contributed by atoms with Crippen LogP contribution in [-0.2, 0) is 6.54 Å². The van der Waals surface area contributed by atoms with Crippen molar-refractivity contribution < 1.29 is 4.39 Å². The Morgan fingerprint density at radius 3 is 2.67 bits per heavy atom. The van der Waals surface area contributed by atoms with Gasteiger partial charge >= 0.3 is 0 Å². The van der Waals surface area contributed by atoms with Gasteiger partial charge in [0.05, 0.1) is 16.1 Å². The molecule has 5 heteroatoms. The minimum Gasteiger partial charge on any atom is -0.331 e. The molecule has 1 aromatic carbocycles. The van der Waals surface area contributed by atoms with Gasteiger partial charge in [0.2, 0.25) is 0 Å². The van der Waals surface area contributed by atoms with Gasteiger partial charge in [-0.2, -0.15) is 0 Å². The molecule has 0 saturated heterocycles. The number of aromatic nitrogens is 2. The van der Waals surface area contributed by atoms with E-state index in [0.717, 1.165) is 24.0 Å². The summed E-state index contributed by atoms with van der Waals surface area (Å²) in [5.74, 6) is -0.414. The second-order valence-electron chi connectivity index (χ2n) is 5.68. The van der Waals surface area contributed by atoms with Gasteiger partial charge in [-0.05, 0) is 30.1 Å². The van der Waals surface area contributed by atoms with Crippen molar-refractivity contribution in [2.24, 2.45) is 5.41 Å². The first-order valence-corrected chi connectivity index (χ1v) is 6.64. The van der Waals surface area contributed by atoms with Crippen LogP contribution in [0.3, 0.4) is 0 Å². The molecule has 0 amide bonds. The third-order valence-corrected chi connectivity index (χ3v) is 3.51. The summed E-state index contributed by atoms with van der Waals surface area (Å²) in [6, 6.07) is 3.02. The number of benzene rings is 1. The molecule has 98 valence electrons. The molecule has 0 aliphatic carbocycles. The average Bonchev–Trinajstić information content (AvgIpc) is 2.51. The number of hydrogen-bond acceptors (Lipinski definition) is 1. The number of fused-ring (bicyclic) bond motifs is 1. The molecule has 2 aromatic rings. The highest BCUT2D eigenvalue weighted by molar-refractivity contribution is 7.71. The quantitative estimate of drug-likeness (QED) is 0.777. The van der Waals surface area contributed by atoms with Crippen molar-refractivity contribution >= 4 is 34.9 Å². The first-order valence-electron chi connectivity index (χ1n) is 5.85. The lowest BCUT2D eigenvalue weighted by molar-refractivity contribution is 0.352. The van der Waals surface area contributed by atoms with Gasteiger partial charge in [0.15, 0.2) is 4.77 Å². The van der Waals surface area contributed by atoms with Gasteiger partial charge in [-0.15, -0.1) is 0 Å². The highest BCUT2D eigenvalue weighted by Crippen LogP contribution is 2.25. The fourth-order valence-electron chi connectivity index (χ4n) is 1.82. The zero-order chi connectivity index (χ0) is 13.5. The fourth-order valence-corrected chi connectivity index (χ4v) is 2.28. The SMILES string of the molecule is CC(C)(C)CCn1c(=S)[nH]c2cc(Cl)c(F)cc21. The molecule has 2 nitrogen and oxygen atoms in total. The van der Waals surface area contributed by atoms with Crippen molar-refractivity contribution in [1.29, 1.82) is 0 Å². The van der Waals surface area contributed by atoms with Crippen LogP contribution >= 0.6 is 23.8 Å². The monoisotopic (exact) mass is 286 g/mol.